The Morgan fingerprint density at radius 1 is 1.25 bits per heavy atom. The molecule has 0 saturated heterocycles. The highest BCUT2D eigenvalue weighted by Gasteiger charge is 2.27. The minimum Gasteiger partial charge on any atom is -0.467 e. The zero-order chi connectivity index (χ0) is 11.4. The van der Waals surface area contributed by atoms with Crippen molar-refractivity contribution in [1.29, 1.82) is 0 Å². The van der Waals surface area contributed by atoms with Crippen LogP contribution in [-0.2, 0) is 0 Å². The molecule has 1 saturated carbocycles. The van der Waals surface area contributed by atoms with Gasteiger partial charge in [-0.25, -0.2) is 0 Å². The molecule has 1 heterocycles. The molecule has 90 valence electrons. The van der Waals surface area contributed by atoms with Crippen LogP contribution in [0.1, 0.15) is 43.5 Å². The number of aryl methyl sites for hydroxylation is 1. The van der Waals surface area contributed by atoms with Crippen LogP contribution in [0, 0.1) is 6.92 Å². The summed E-state index contributed by atoms with van der Waals surface area (Å²) in [6, 6.07) is 0. The van der Waals surface area contributed by atoms with Crippen molar-refractivity contribution in [1.82, 2.24) is 10.2 Å². The smallest absolute Gasteiger partial charge is 0.294 e. The van der Waals surface area contributed by atoms with Gasteiger partial charge in [0.05, 0.1) is 5.54 Å². The molecule has 1 aliphatic rings. The number of ether oxygens (including phenoxy) is 1. The molecule has 1 aromatic heterocycles. The van der Waals surface area contributed by atoms with E-state index in [2.05, 4.69) is 10.2 Å². The van der Waals surface area contributed by atoms with Crippen LogP contribution in [0.3, 0.4) is 0 Å². The number of hydrogen-bond acceptors (Lipinski definition) is 5. The highest BCUT2D eigenvalue weighted by atomic mass is 32.1. The van der Waals surface area contributed by atoms with Gasteiger partial charge in [-0.05, 0) is 19.8 Å². The first-order valence-corrected chi connectivity index (χ1v) is 6.71. The maximum atomic E-state index is 6.35. The molecule has 1 aliphatic carbocycles. The first kappa shape index (κ1) is 11.8. The van der Waals surface area contributed by atoms with Crippen molar-refractivity contribution in [3.05, 3.63) is 5.01 Å². The van der Waals surface area contributed by atoms with Gasteiger partial charge in [0, 0.05) is 0 Å². The first-order chi connectivity index (χ1) is 7.68. The molecule has 0 aromatic carbocycles. The highest BCUT2D eigenvalue weighted by molar-refractivity contribution is 7.12. The Balaban J connectivity index is 1.87. The number of rotatable bonds is 3. The summed E-state index contributed by atoms with van der Waals surface area (Å²) in [7, 11) is 0. The molecule has 1 aromatic rings. The molecule has 2 N–H and O–H groups in total. The van der Waals surface area contributed by atoms with Crippen LogP contribution in [0.25, 0.3) is 0 Å². The fraction of sp³-hybridized carbons (Fsp3) is 0.818. The van der Waals surface area contributed by atoms with E-state index in [0.29, 0.717) is 11.8 Å². The average Bonchev–Trinajstić information content (AvgIpc) is 2.54. The van der Waals surface area contributed by atoms with Gasteiger partial charge in [-0.3, -0.25) is 0 Å². The van der Waals surface area contributed by atoms with E-state index in [9.17, 15) is 0 Å². The van der Waals surface area contributed by atoms with Crippen LogP contribution in [0.4, 0.5) is 0 Å². The molecule has 0 unspecified atom stereocenters. The molecular formula is C11H19N3OS. The van der Waals surface area contributed by atoms with Crippen molar-refractivity contribution in [2.24, 2.45) is 5.73 Å². The summed E-state index contributed by atoms with van der Waals surface area (Å²) in [4.78, 5) is 0. The predicted molar refractivity (Wildman–Crippen MR) is 64.8 cm³/mol. The Morgan fingerprint density at radius 2 is 1.94 bits per heavy atom. The molecule has 4 nitrogen and oxygen atoms in total. The minimum atomic E-state index is -0.157. The largest absolute Gasteiger partial charge is 0.467 e. The van der Waals surface area contributed by atoms with E-state index in [1.807, 2.05) is 6.92 Å². The first-order valence-electron chi connectivity index (χ1n) is 5.90. The third-order valence-corrected chi connectivity index (χ3v) is 3.84. The second-order valence-electron chi connectivity index (χ2n) is 4.65. The van der Waals surface area contributed by atoms with Gasteiger partial charge in [-0.2, -0.15) is 0 Å². The summed E-state index contributed by atoms with van der Waals surface area (Å²) in [5.41, 5.74) is 6.19. The lowest BCUT2D eigenvalue weighted by molar-refractivity contribution is 0.198. The summed E-state index contributed by atoms with van der Waals surface area (Å²) < 4.78 is 5.64. The van der Waals surface area contributed by atoms with Gasteiger partial charge in [0.2, 0.25) is 0 Å². The fourth-order valence-corrected chi connectivity index (χ4v) is 2.65. The van der Waals surface area contributed by atoms with E-state index in [-0.39, 0.29) is 5.54 Å². The summed E-state index contributed by atoms with van der Waals surface area (Å²) in [5.74, 6) is 0. The number of nitrogens with zero attached hydrogens (tertiary/aromatic N) is 2. The summed E-state index contributed by atoms with van der Waals surface area (Å²) >= 11 is 1.48. The van der Waals surface area contributed by atoms with E-state index in [1.165, 1.54) is 37.0 Å². The molecule has 16 heavy (non-hydrogen) atoms. The second kappa shape index (κ2) is 5.10. The number of aromatic nitrogens is 2. The maximum Gasteiger partial charge on any atom is 0.294 e. The lowest BCUT2D eigenvalue weighted by Crippen LogP contribution is -2.45. The lowest BCUT2D eigenvalue weighted by Gasteiger charge is -2.26. The summed E-state index contributed by atoms with van der Waals surface area (Å²) in [6.45, 7) is 2.50. The molecule has 0 bridgehead atoms. The van der Waals surface area contributed by atoms with E-state index in [0.717, 1.165) is 17.8 Å². The molecule has 2 rings (SSSR count). The van der Waals surface area contributed by atoms with Gasteiger partial charge in [0.1, 0.15) is 11.6 Å². The van der Waals surface area contributed by atoms with E-state index < -0.39 is 0 Å². The second-order valence-corrected chi connectivity index (χ2v) is 5.80. The van der Waals surface area contributed by atoms with Crippen LogP contribution < -0.4 is 10.5 Å². The third kappa shape index (κ3) is 3.15. The fourth-order valence-electron chi connectivity index (χ4n) is 2.12. The Bertz CT molecular complexity index is 332. The Labute approximate surface area is 100 Å². The monoisotopic (exact) mass is 241 g/mol. The minimum absolute atomic E-state index is 0.157. The third-order valence-electron chi connectivity index (χ3n) is 3.09. The van der Waals surface area contributed by atoms with E-state index in [4.69, 9.17) is 10.5 Å². The van der Waals surface area contributed by atoms with Gasteiger partial charge >= 0.3 is 0 Å². The maximum absolute atomic E-state index is 6.35. The highest BCUT2D eigenvalue weighted by Crippen LogP contribution is 2.26. The van der Waals surface area contributed by atoms with Gasteiger partial charge < -0.3 is 10.5 Å². The normalized spacial score (nSPS) is 20.4. The molecule has 0 spiro atoms. The number of hydrogen-bond donors (Lipinski definition) is 1. The van der Waals surface area contributed by atoms with Crippen molar-refractivity contribution >= 4 is 11.3 Å². The molecule has 0 radical (unpaired) electrons. The molecule has 0 aliphatic heterocycles. The van der Waals surface area contributed by atoms with E-state index >= 15 is 0 Å². The Kier molecular flexibility index (Phi) is 3.76. The number of nitrogens with two attached hydrogens (primary N) is 1. The van der Waals surface area contributed by atoms with E-state index in [1.54, 1.807) is 0 Å². The van der Waals surface area contributed by atoms with Gasteiger partial charge in [0.25, 0.3) is 5.19 Å². The van der Waals surface area contributed by atoms with Crippen LogP contribution in [-0.4, -0.2) is 22.3 Å². The Hall–Kier alpha value is -0.680. The Morgan fingerprint density at radius 3 is 2.50 bits per heavy atom. The molecular weight excluding hydrogens is 222 g/mol. The zero-order valence-electron chi connectivity index (χ0n) is 9.74. The summed E-state index contributed by atoms with van der Waals surface area (Å²) in [6.07, 6.45) is 7.16. The summed E-state index contributed by atoms with van der Waals surface area (Å²) in [5, 5.41) is 9.45. The van der Waals surface area contributed by atoms with Crippen LogP contribution in [0.15, 0.2) is 0 Å². The van der Waals surface area contributed by atoms with Crippen molar-refractivity contribution < 1.29 is 4.74 Å². The van der Waals surface area contributed by atoms with Gasteiger partial charge in [-0.1, -0.05) is 37.0 Å². The van der Waals surface area contributed by atoms with Crippen molar-refractivity contribution in [3.8, 4) is 5.19 Å². The standard InChI is InChI=1S/C11H19N3OS/c1-9-13-14-10(16-9)15-8-11(12)6-4-2-3-5-7-11/h2-8,12H2,1H3. The van der Waals surface area contributed by atoms with Crippen molar-refractivity contribution in [2.45, 2.75) is 51.0 Å². The molecule has 1 fully saturated rings. The van der Waals surface area contributed by atoms with Crippen LogP contribution in [0.5, 0.6) is 5.19 Å². The molecule has 0 atom stereocenters. The topological polar surface area (TPSA) is 61.0 Å². The molecule has 0 amide bonds. The average molecular weight is 241 g/mol. The van der Waals surface area contributed by atoms with Crippen LogP contribution in [0.2, 0.25) is 0 Å². The molecule has 5 heteroatoms. The predicted octanol–water partition coefficient (Wildman–Crippen LogP) is 2.28. The lowest BCUT2D eigenvalue weighted by atomic mass is 9.93. The van der Waals surface area contributed by atoms with Crippen molar-refractivity contribution in [3.63, 3.8) is 0 Å². The van der Waals surface area contributed by atoms with Crippen molar-refractivity contribution in [2.75, 3.05) is 6.61 Å². The zero-order valence-corrected chi connectivity index (χ0v) is 10.6. The SMILES string of the molecule is Cc1nnc(OCC2(N)CCCCCC2)s1. The van der Waals surface area contributed by atoms with Crippen LogP contribution >= 0.6 is 11.3 Å². The quantitative estimate of drug-likeness (QED) is 0.825. The van der Waals surface area contributed by atoms with Gasteiger partial charge in [0.15, 0.2) is 0 Å². The van der Waals surface area contributed by atoms with Gasteiger partial charge in [-0.15, -0.1) is 10.2 Å².